The van der Waals surface area contributed by atoms with Crippen LogP contribution < -0.4 is 10.1 Å². The lowest BCUT2D eigenvalue weighted by Gasteiger charge is -2.27. The molecular formula is C25H25F2N3O6. The first-order valence-corrected chi connectivity index (χ1v) is 11.3. The van der Waals surface area contributed by atoms with Crippen LogP contribution in [-0.4, -0.2) is 46.9 Å². The number of amides is 1. The lowest BCUT2D eigenvalue weighted by molar-refractivity contribution is -0.120. The number of aromatic hydroxyl groups is 1. The van der Waals surface area contributed by atoms with Crippen molar-refractivity contribution in [2.24, 2.45) is 5.92 Å². The Kier molecular flexibility index (Phi) is 7.79. The molecule has 0 aliphatic carbocycles. The fraction of sp³-hybridized carbons (Fsp3) is 0.320. The molecule has 0 radical (unpaired) electrons. The van der Waals surface area contributed by atoms with E-state index in [2.05, 4.69) is 15.0 Å². The third-order valence-corrected chi connectivity index (χ3v) is 5.91. The third-order valence-electron chi connectivity index (χ3n) is 5.91. The van der Waals surface area contributed by atoms with Crippen molar-refractivity contribution in [1.82, 2.24) is 9.55 Å². The van der Waals surface area contributed by atoms with Gasteiger partial charge in [0.25, 0.3) is 0 Å². The molecule has 1 aromatic carbocycles. The molecule has 3 aromatic rings. The summed E-state index contributed by atoms with van der Waals surface area (Å²) in [6.07, 6.45) is 4.43. The van der Waals surface area contributed by atoms with Gasteiger partial charge >= 0.3 is 5.97 Å². The number of pyridine rings is 1. The van der Waals surface area contributed by atoms with Crippen LogP contribution in [-0.2, 0) is 14.3 Å². The highest BCUT2D eigenvalue weighted by molar-refractivity contribution is 5.94. The lowest BCUT2D eigenvalue weighted by atomic mass is 9.92. The van der Waals surface area contributed by atoms with Crippen molar-refractivity contribution < 1.29 is 37.7 Å². The number of benzene rings is 1. The highest BCUT2D eigenvalue weighted by atomic mass is 19.1. The summed E-state index contributed by atoms with van der Waals surface area (Å²) in [5.41, 5.74) is 0.222. The van der Waals surface area contributed by atoms with Crippen LogP contribution in [0.1, 0.15) is 35.7 Å². The summed E-state index contributed by atoms with van der Waals surface area (Å²) in [7, 11) is 1.25. The van der Waals surface area contributed by atoms with Crippen LogP contribution in [0.15, 0.2) is 48.8 Å². The Hall–Kier alpha value is -3.99. The molecule has 1 aliphatic rings. The maximum atomic E-state index is 14.0. The van der Waals surface area contributed by atoms with Gasteiger partial charge in [0.15, 0.2) is 23.3 Å². The molecular weight excluding hydrogens is 476 g/mol. The van der Waals surface area contributed by atoms with Crippen molar-refractivity contribution >= 4 is 17.7 Å². The van der Waals surface area contributed by atoms with Gasteiger partial charge in [-0.25, -0.2) is 18.6 Å². The molecule has 11 heteroatoms. The zero-order valence-corrected chi connectivity index (χ0v) is 19.4. The Morgan fingerprint density at radius 2 is 1.94 bits per heavy atom. The van der Waals surface area contributed by atoms with E-state index in [0.29, 0.717) is 19.6 Å². The topological polar surface area (TPSA) is 112 Å². The van der Waals surface area contributed by atoms with Crippen molar-refractivity contribution in [2.45, 2.75) is 25.3 Å². The van der Waals surface area contributed by atoms with E-state index in [1.807, 2.05) is 0 Å². The van der Waals surface area contributed by atoms with Crippen LogP contribution in [0.3, 0.4) is 0 Å². The van der Waals surface area contributed by atoms with Gasteiger partial charge in [-0.3, -0.25) is 4.79 Å². The Labute approximate surface area is 205 Å². The van der Waals surface area contributed by atoms with Crippen LogP contribution in [0, 0.1) is 17.6 Å². The van der Waals surface area contributed by atoms with Crippen molar-refractivity contribution in [1.29, 1.82) is 0 Å². The van der Waals surface area contributed by atoms with Crippen LogP contribution in [0.2, 0.25) is 0 Å². The van der Waals surface area contributed by atoms with Gasteiger partial charge in [-0.15, -0.1) is 0 Å². The van der Waals surface area contributed by atoms with E-state index in [4.69, 9.17) is 9.47 Å². The molecule has 0 bridgehead atoms. The van der Waals surface area contributed by atoms with Gasteiger partial charge in [0.1, 0.15) is 17.6 Å². The minimum absolute atomic E-state index is 0.0400. The number of ether oxygens (including phenoxy) is 3. The van der Waals surface area contributed by atoms with E-state index >= 15 is 0 Å². The zero-order valence-electron chi connectivity index (χ0n) is 19.4. The summed E-state index contributed by atoms with van der Waals surface area (Å²) < 4.78 is 44.8. The number of hydrogen-bond donors (Lipinski definition) is 2. The predicted molar refractivity (Wildman–Crippen MR) is 124 cm³/mol. The molecule has 1 fully saturated rings. The van der Waals surface area contributed by atoms with Crippen LogP contribution >= 0.6 is 0 Å². The van der Waals surface area contributed by atoms with Gasteiger partial charge in [0.2, 0.25) is 5.91 Å². The second kappa shape index (κ2) is 11.2. The number of nitrogens with zero attached hydrogens (tertiary/aromatic N) is 2. The molecule has 1 amide bonds. The molecule has 2 aromatic heterocycles. The highest BCUT2D eigenvalue weighted by Gasteiger charge is 2.29. The number of para-hydroxylation sites is 1. The number of methoxy groups -OCH3 is 1. The molecule has 1 saturated heterocycles. The number of esters is 1. The Morgan fingerprint density at radius 1 is 1.22 bits per heavy atom. The number of carbonyl (C=O) groups excluding carboxylic acids is 2. The van der Waals surface area contributed by atoms with Gasteiger partial charge in [-0.1, -0.05) is 6.07 Å². The minimum Gasteiger partial charge on any atom is -0.494 e. The molecule has 9 nitrogen and oxygen atoms in total. The van der Waals surface area contributed by atoms with E-state index < -0.39 is 35.3 Å². The normalized spacial score (nSPS) is 14.8. The average molecular weight is 501 g/mol. The smallest absolute Gasteiger partial charge is 0.339 e. The Morgan fingerprint density at radius 3 is 2.58 bits per heavy atom. The van der Waals surface area contributed by atoms with Crippen molar-refractivity contribution in [3.8, 4) is 17.4 Å². The molecule has 4 rings (SSSR count). The second-order valence-corrected chi connectivity index (χ2v) is 8.31. The summed E-state index contributed by atoms with van der Waals surface area (Å²) in [4.78, 5) is 29.0. The molecule has 190 valence electrons. The Balaban J connectivity index is 1.58. The average Bonchev–Trinajstić information content (AvgIpc) is 3.25. The summed E-state index contributed by atoms with van der Waals surface area (Å²) in [5.74, 6) is -3.48. The molecule has 1 atom stereocenters. The van der Waals surface area contributed by atoms with Gasteiger partial charge in [0, 0.05) is 25.5 Å². The molecule has 0 spiro atoms. The molecule has 0 saturated carbocycles. The van der Waals surface area contributed by atoms with Gasteiger partial charge in [0.05, 0.1) is 18.9 Å². The van der Waals surface area contributed by atoms with Gasteiger partial charge in [-0.05, 0) is 49.4 Å². The quantitative estimate of drug-likeness (QED) is 0.439. The first-order valence-electron chi connectivity index (χ1n) is 11.3. The molecule has 36 heavy (non-hydrogen) atoms. The fourth-order valence-electron chi connectivity index (χ4n) is 4.01. The Bertz CT molecular complexity index is 1200. The standard InChI is InChI=1S/C25H25F2N3O6/c1-34-25(33)16-5-6-21(28-13-16)29-24(32)20(11-15-7-9-35-10-8-15)30-14-17(12-22(30)31)36-23-18(26)3-2-4-19(23)27/h2-6,12-15,20,31H,7-11H2,1H3,(H,28,29,32). The number of nitrogens with one attached hydrogen (secondary N) is 1. The SMILES string of the molecule is COC(=O)c1ccc(NC(=O)C(CC2CCOCC2)n2cc(Oc3c(F)cccc3F)cc2O)nc1. The molecule has 1 aliphatic heterocycles. The van der Waals surface area contributed by atoms with Crippen molar-refractivity contribution in [3.05, 3.63) is 66.0 Å². The number of aromatic nitrogens is 2. The number of carbonyl (C=O) groups is 2. The second-order valence-electron chi connectivity index (χ2n) is 8.31. The summed E-state index contributed by atoms with van der Waals surface area (Å²) >= 11 is 0. The van der Waals surface area contributed by atoms with Gasteiger partial charge < -0.3 is 29.2 Å². The summed E-state index contributed by atoms with van der Waals surface area (Å²) in [5, 5.41) is 13.3. The number of halogens is 2. The van der Waals surface area contributed by atoms with Crippen molar-refractivity contribution in [3.63, 3.8) is 0 Å². The summed E-state index contributed by atoms with van der Waals surface area (Å²) in [6.45, 7) is 1.13. The fourth-order valence-corrected chi connectivity index (χ4v) is 4.01. The monoisotopic (exact) mass is 501 g/mol. The van der Waals surface area contributed by atoms with Crippen LogP contribution in [0.4, 0.5) is 14.6 Å². The van der Waals surface area contributed by atoms with E-state index in [0.717, 1.165) is 25.0 Å². The van der Waals surface area contributed by atoms with E-state index in [1.54, 1.807) is 0 Å². The highest BCUT2D eigenvalue weighted by Crippen LogP contribution is 2.35. The van der Waals surface area contributed by atoms with Crippen LogP contribution in [0.25, 0.3) is 0 Å². The number of hydrogen-bond acceptors (Lipinski definition) is 7. The molecule has 3 heterocycles. The van der Waals surface area contributed by atoms with E-state index in [-0.39, 0.29) is 28.9 Å². The van der Waals surface area contributed by atoms with Crippen LogP contribution in [0.5, 0.6) is 17.4 Å². The predicted octanol–water partition coefficient (Wildman–Crippen LogP) is 4.44. The van der Waals surface area contributed by atoms with Crippen molar-refractivity contribution in [2.75, 3.05) is 25.6 Å². The van der Waals surface area contributed by atoms with E-state index in [1.165, 1.54) is 48.3 Å². The lowest BCUT2D eigenvalue weighted by Crippen LogP contribution is -2.29. The first kappa shape index (κ1) is 25.1. The minimum atomic E-state index is -0.903. The third kappa shape index (κ3) is 5.80. The zero-order chi connectivity index (χ0) is 25.7. The maximum Gasteiger partial charge on any atom is 0.339 e. The molecule has 2 N–H and O–H groups in total. The van der Waals surface area contributed by atoms with E-state index in [9.17, 15) is 23.5 Å². The summed E-state index contributed by atoms with van der Waals surface area (Å²) in [6, 6.07) is 6.52. The largest absolute Gasteiger partial charge is 0.494 e. The number of rotatable bonds is 8. The number of anilines is 1. The first-order chi connectivity index (χ1) is 17.4. The molecule has 1 unspecified atom stereocenters. The van der Waals surface area contributed by atoms with Gasteiger partial charge in [-0.2, -0.15) is 0 Å². The maximum absolute atomic E-state index is 14.0.